The summed E-state index contributed by atoms with van der Waals surface area (Å²) in [6.07, 6.45) is 1.38. The molecule has 3 N–H and O–H groups in total. The molecule has 0 spiro atoms. The van der Waals surface area contributed by atoms with Crippen molar-refractivity contribution >= 4 is 5.97 Å². The third kappa shape index (κ3) is 3.29. The van der Waals surface area contributed by atoms with Gasteiger partial charge in [0.25, 0.3) is 0 Å². The lowest BCUT2D eigenvalue weighted by molar-refractivity contribution is -0.138. The number of carboxylic acid groups (broad SMARTS) is 1. The molecule has 15 heavy (non-hydrogen) atoms. The second kappa shape index (κ2) is 4.99. The van der Waals surface area contributed by atoms with Gasteiger partial charge < -0.3 is 15.3 Å². The zero-order valence-corrected chi connectivity index (χ0v) is 7.70. The van der Waals surface area contributed by atoms with E-state index in [0.717, 1.165) is 0 Å². The van der Waals surface area contributed by atoms with Gasteiger partial charge >= 0.3 is 5.97 Å². The zero-order valence-electron chi connectivity index (χ0n) is 7.70. The van der Waals surface area contributed by atoms with Gasteiger partial charge in [0.1, 0.15) is 11.8 Å². The maximum Gasteiger partial charge on any atom is 0.321 e. The SMILES string of the molecule is [N-]=[N+]=NCc1cnc(C[C@H](N)C(=O)O)o1. The number of rotatable bonds is 5. The van der Waals surface area contributed by atoms with Gasteiger partial charge in [-0.05, 0) is 5.53 Å². The van der Waals surface area contributed by atoms with Crippen molar-refractivity contribution in [1.82, 2.24) is 4.98 Å². The summed E-state index contributed by atoms with van der Waals surface area (Å²) in [5, 5.41) is 11.8. The van der Waals surface area contributed by atoms with Crippen LogP contribution in [0.5, 0.6) is 0 Å². The Hall–Kier alpha value is -2.05. The molecular weight excluding hydrogens is 202 g/mol. The number of aliphatic carboxylic acids is 1. The van der Waals surface area contributed by atoms with Gasteiger partial charge in [0, 0.05) is 4.91 Å². The van der Waals surface area contributed by atoms with E-state index in [1.807, 2.05) is 0 Å². The highest BCUT2D eigenvalue weighted by molar-refractivity contribution is 5.73. The third-order valence-corrected chi connectivity index (χ3v) is 1.60. The molecule has 0 amide bonds. The number of hydrogen-bond acceptors (Lipinski definition) is 5. The minimum absolute atomic E-state index is 0.00556. The Morgan fingerprint density at radius 1 is 1.87 bits per heavy atom. The van der Waals surface area contributed by atoms with E-state index < -0.39 is 12.0 Å². The molecule has 0 fully saturated rings. The van der Waals surface area contributed by atoms with Crippen LogP contribution in [0.2, 0.25) is 0 Å². The molecule has 0 aromatic carbocycles. The molecule has 0 radical (unpaired) electrons. The Balaban J connectivity index is 2.60. The Labute approximate surface area is 84.3 Å². The van der Waals surface area contributed by atoms with Crippen molar-refractivity contribution in [1.29, 1.82) is 0 Å². The second-order valence-corrected chi connectivity index (χ2v) is 2.76. The highest BCUT2D eigenvalue weighted by atomic mass is 16.4. The van der Waals surface area contributed by atoms with Gasteiger partial charge in [0.2, 0.25) is 0 Å². The van der Waals surface area contributed by atoms with Crippen molar-refractivity contribution in [3.63, 3.8) is 0 Å². The van der Waals surface area contributed by atoms with Crippen molar-refractivity contribution < 1.29 is 14.3 Å². The number of azide groups is 1. The molecule has 0 aliphatic carbocycles. The molecule has 0 saturated heterocycles. The van der Waals surface area contributed by atoms with Crippen LogP contribution in [0, 0.1) is 0 Å². The minimum Gasteiger partial charge on any atom is -0.480 e. The van der Waals surface area contributed by atoms with E-state index in [-0.39, 0.29) is 18.9 Å². The fraction of sp³-hybridized carbons (Fsp3) is 0.429. The first-order chi connectivity index (χ1) is 7.13. The van der Waals surface area contributed by atoms with Crippen molar-refractivity contribution in [3.05, 3.63) is 28.3 Å². The quantitative estimate of drug-likeness (QED) is 0.413. The number of hydrogen-bond donors (Lipinski definition) is 2. The van der Waals surface area contributed by atoms with Crippen LogP contribution in [-0.2, 0) is 17.8 Å². The number of oxazole rings is 1. The predicted octanol–water partition coefficient (Wildman–Crippen LogP) is 0.439. The van der Waals surface area contributed by atoms with E-state index in [4.69, 9.17) is 20.8 Å². The smallest absolute Gasteiger partial charge is 0.321 e. The molecule has 8 heteroatoms. The molecular formula is C7H9N5O3. The standard InChI is InChI=1S/C7H9N5O3/c8-5(7(13)14)1-6-10-2-4(15-6)3-11-12-9/h2,5H,1,3,8H2,(H,13,14)/t5-/m0/s1. The number of carboxylic acids is 1. The molecule has 0 aliphatic heterocycles. The van der Waals surface area contributed by atoms with Gasteiger partial charge in [-0.1, -0.05) is 5.11 Å². The van der Waals surface area contributed by atoms with Crippen LogP contribution in [0.3, 0.4) is 0 Å². The second-order valence-electron chi connectivity index (χ2n) is 2.76. The summed E-state index contributed by atoms with van der Waals surface area (Å²) >= 11 is 0. The van der Waals surface area contributed by atoms with Crippen molar-refractivity contribution in [2.24, 2.45) is 10.8 Å². The van der Waals surface area contributed by atoms with Crippen LogP contribution < -0.4 is 5.73 Å². The molecule has 1 aromatic heterocycles. The van der Waals surface area contributed by atoms with Gasteiger partial charge in [-0.15, -0.1) is 0 Å². The highest BCUT2D eigenvalue weighted by Crippen LogP contribution is 2.07. The Morgan fingerprint density at radius 2 is 2.60 bits per heavy atom. The van der Waals surface area contributed by atoms with Crippen LogP contribution >= 0.6 is 0 Å². The van der Waals surface area contributed by atoms with Crippen LogP contribution in [-0.4, -0.2) is 22.1 Å². The van der Waals surface area contributed by atoms with E-state index in [1.165, 1.54) is 6.20 Å². The molecule has 1 heterocycles. The summed E-state index contributed by atoms with van der Waals surface area (Å²) in [6.45, 7) is 0.0474. The summed E-state index contributed by atoms with van der Waals surface area (Å²) in [7, 11) is 0. The van der Waals surface area contributed by atoms with E-state index in [9.17, 15) is 4.79 Å². The molecule has 80 valence electrons. The monoisotopic (exact) mass is 211 g/mol. The minimum atomic E-state index is -1.12. The first-order valence-corrected chi connectivity index (χ1v) is 4.06. The lowest BCUT2D eigenvalue weighted by Crippen LogP contribution is -2.32. The average Bonchev–Trinajstić information content (AvgIpc) is 2.62. The summed E-state index contributed by atoms with van der Waals surface area (Å²) < 4.78 is 5.09. The average molecular weight is 211 g/mol. The number of carbonyl (C=O) groups is 1. The topological polar surface area (TPSA) is 138 Å². The van der Waals surface area contributed by atoms with Gasteiger partial charge in [0.05, 0.1) is 19.2 Å². The maximum absolute atomic E-state index is 10.4. The Bertz CT molecular complexity index is 395. The third-order valence-electron chi connectivity index (χ3n) is 1.60. The molecule has 0 unspecified atom stereocenters. The van der Waals surface area contributed by atoms with Crippen LogP contribution in [0.25, 0.3) is 10.4 Å². The van der Waals surface area contributed by atoms with E-state index >= 15 is 0 Å². The fourth-order valence-corrected chi connectivity index (χ4v) is 0.892. The van der Waals surface area contributed by atoms with Gasteiger partial charge in [-0.25, -0.2) is 4.98 Å². The summed E-state index contributed by atoms with van der Waals surface area (Å²) in [4.78, 5) is 16.8. The Kier molecular flexibility index (Phi) is 3.67. The van der Waals surface area contributed by atoms with Gasteiger partial charge in [0.15, 0.2) is 5.89 Å². The summed E-state index contributed by atoms with van der Waals surface area (Å²) in [6, 6.07) is -1.05. The van der Waals surface area contributed by atoms with E-state index in [0.29, 0.717) is 5.76 Å². The Morgan fingerprint density at radius 3 is 3.20 bits per heavy atom. The van der Waals surface area contributed by atoms with Crippen LogP contribution in [0.1, 0.15) is 11.7 Å². The largest absolute Gasteiger partial charge is 0.480 e. The molecule has 0 aliphatic rings. The first kappa shape index (κ1) is 11.0. The van der Waals surface area contributed by atoms with E-state index in [2.05, 4.69) is 15.0 Å². The normalized spacial score (nSPS) is 11.8. The zero-order chi connectivity index (χ0) is 11.3. The van der Waals surface area contributed by atoms with Crippen LogP contribution in [0.4, 0.5) is 0 Å². The molecule has 0 bridgehead atoms. The predicted molar refractivity (Wildman–Crippen MR) is 48.7 cm³/mol. The molecule has 1 rings (SSSR count). The highest BCUT2D eigenvalue weighted by Gasteiger charge is 2.15. The number of aromatic nitrogens is 1. The number of nitrogens with zero attached hydrogens (tertiary/aromatic N) is 4. The van der Waals surface area contributed by atoms with Gasteiger partial charge in [-0.2, -0.15) is 0 Å². The molecule has 1 aromatic rings. The van der Waals surface area contributed by atoms with Gasteiger partial charge in [-0.3, -0.25) is 4.79 Å². The van der Waals surface area contributed by atoms with Crippen LogP contribution in [0.15, 0.2) is 15.7 Å². The van der Waals surface area contributed by atoms with Crippen molar-refractivity contribution in [2.75, 3.05) is 0 Å². The summed E-state index contributed by atoms with van der Waals surface area (Å²) in [5.41, 5.74) is 13.3. The summed E-state index contributed by atoms with van der Waals surface area (Å²) in [5.74, 6) is -0.529. The maximum atomic E-state index is 10.4. The molecule has 0 saturated carbocycles. The first-order valence-electron chi connectivity index (χ1n) is 4.06. The lowest BCUT2D eigenvalue weighted by Gasteiger charge is -2.01. The molecule has 1 atom stereocenters. The number of nitrogens with two attached hydrogens (primary N) is 1. The van der Waals surface area contributed by atoms with Crippen molar-refractivity contribution in [2.45, 2.75) is 19.0 Å². The molecule has 8 nitrogen and oxygen atoms in total. The van der Waals surface area contributed by atoms with Crippen molar-refractivity contribution in [3.8, 4) is 0 Å². The van der Waals surface area contributed by atoms with E-state index in [1.54, 1.807) is 0 Å². The lowest BCUT2D eigenvalue weighted by atomic mass is 10.2. The fourth-order valence-electron chi connectivity index (χ4n) is 0.892.